The van der Waals surface area contributed by atoms with E-state index in [0.717, 1.165) is 10.7 Å². The zero-order chi connectivity index (χ0) is 18.1. The van der Waals surface area contributed by atoms with Crippen molar-refractivity contribution in [1.29, 1.82) is 0 Å². The maximum absolute atomic E-state index is 4.57. The van der Waals surface area contributed by atoms with Gasteiger partial charge >= 0.3 is 0 Å². The Labute approximate surface area is 167 Å². The summed E-state index contributed by atoms with van der Waals surface area (Å²) in [6.07, 6.45) is 2.44. The monoisotopic (exact) mass is 426 g/mol. The van der Waals surface area contributed by atoms with Gasteiger partial charge in [0.05, 0.1) is 10.7 Å². The van der Waals surface area contributed by atoms with Crippen molar-refractivity contribution in [1.82, 2.24) is 10.3 Å². The molecule has 4 rings (SSSR count). The molecule has 4 heteroatoms. The number of thiazole rings is 1. The highest BCUT2D eigenvalue weighted by Gasteiger charge is 2.31. The topological polar surface area (TPSA) is 24.9 Å². The number of nitrogens with one attached hydrogen (secondary N) is 1. The van der Waals surface area contributed by atoms with Crippen LogP contribution in [0.5, 0.6) is 0 Å². The SMILES string of the molecule is Cc1nc(-c2ccc(C(C)NC3CC(c4cccc(Br)c4)C3)cc2)cs1. The van der Waals surface area contributed by atoms with Crippen LogP contribution in [0.15, 0.2) is 58.4 Å². The molecule has 0 amide bonds. The van der Waals surface area contributed by atoms with Crippen LogP contribution in [0.2, 0.25) is 0 Å². The lowest BCUT2D eigenvalue weighted by molar-refractivity contribution is 0.271. The summed E-state index contributed by atoms with van der Waals surface area (Å²) in [5, 5.41) is 7.03. The molecule has 1 aliphatic carbocycles. The molecule has 3 aromatic rings. The van der Waals surface area contributed by atoms with Crippen molar-refractivity contribution in [3.63, 3.8) is 0 Å². The zero-order valence-corrected chi connectivity index (χ0v) is 17.5. The van der Waals surface area contributed by atoms with E-state index in [-0.39, 0.29) is 0 Å². The Balaban J connectivity index is 1.33. The summed E-state index contributed by atoms with van der Waals surface area (Å²) < 4.78 is 1.18. The first-order valence-corrected chi connectivity index (χ1v) is 10.8. The van der Waals surface area contributed by atoms with E-state index in [0.29, 0.717) is 18.0 Å². The maximum Gasteiger partial charge on any atom is 0.0901 e. The Morgan fingerprint density at radius 3 is 2.58 bits per heavy atom. The van der Waals surface area contributed by atoms with E-state index < -0.39 is 0 Å². The molecule has 1 N–H and O–H groups in total. The number of nitrogens with zero attached hydrogens (tertiary/aromatic N) is 1. The second-order valence-corrected chi connectivity index (χ2v) is 9.16. The van der Waals surface area contributed by atoms with E-state index in [1.54, 1.807) is 11.3 Å². The van der Waals surface area contributed by atoms with Gasteiger partial charge in [-0.25, -0.2) is 4.98 Å². The Bertz CT molecular complexity index is 881. The Kier molecular flexibility index (Phi) is 5.25. The van der Waals surface area contributed by atoms with Crippen LogP contribution in [-0.4, -0.2) is 11.0 Å². The molecule has 2 aromatic carbocycles. The Morgan fingerprint density at radius 1 is 1.15 bits per heavy atom. The predicted octanol–water partition coefficient (Wildman–Crippen LogP) is 6.48. The third-order valence-electron chi connectivity index (χ3n) is 5.27. The minimum atomic E-state index is 0.370. The van der Waals surface area contributed by atoms with Crippen LogP contribution < -0.4 is 5.32 Å². The smallest absolute Gasteiger partial charge is 0.0901 e. The highest BCUT2D eigenvalue weighted by molar-refractivity contribution is 9.10. The van der Waals surface area contributed by atoms with Crippen molar-refractivity contribution >= 4 is 27.3 Å². The van der Waals surface area contributed by atoms with Crippen molar-refractivity contribution < 1.29 is 0 Å². The summed E-state index contributed by atoms with van der Waals surface area (Å²) in [5.74, 6) is 0.687. The van der Waals surface area contributed by atoms with E-state index in [2.05, 4.69) is 94.0 Å². The lowest BCUT2D eigenvalue weighted by Gasteiger charge is -2.38. The summed E-state index contributed by atoms with van der Waals surface area (Å²) in [7, 11) is 0. The van der Waals surface area contributed by atoms with Crippen molar-refractivity contribution in [2.45, 2.75) is 44.7 Å². The molecule has 26 heavy (non-hydrogen) atoms. The van der Waals surface area contributed by atoms with Crippen molar-refractivity contribution in [2.24, 2.45) is 0 Å². The van der Waals surface area contributed by atoms with Gasteiger partial charge in [0.15, 0.2) is 0 Å². The highest BCUT2D eigenvalue weighted by atomic mass is 79.9. The highest BCUT2D eigenvalue weighted by Crippen LogP contribution is 2.38. The number of benzene rings is 2. The molecule has 0 radical (unpaired) electrons. The molecule has 1 saturated carbocycles. The molecule has 1 heterocycles. The zero-order valence-electron chi connectivity index (χ0n) is 15.1. The fourth-order valence-electron chi connectivity index (χ4n) is 3.67. The van der Waals surface area contributed by atoms with Crippen LogP contribution >= 0.6 is 27.3 Å². The van der Waals surface area contributed by atoms with Crippen LogP contribution in [0.3, 0.4) is 0 Å². The number of rotatable bonds is 5. The standard InChI is InChI=1S/C22H23BrN2S/c1-14(16-6-8-17(9-7-16)22-13-26-15(2)25-22)24-21-11-19(12-21)18-4-3-5-20(23)10-18/h3-10,13-14,19,21,24H,11-12H2,1-2H3. The molecule has 0 saturated heterocycles. The van der Waals surface area contributed by atoms with Crippen LogP contribution in [0.4, 0.5) is 0 Å². The fourth-order valence-corrected chi connectivity index (χ4v) is 4.71. The Morgan fingerprint density at radius 2 is 1.92 bits per heavy atom. The second kappa shape index (κ2) is 7.63. The number of halogens is 1. The lowest BCUT2D eigenvalue weighted by Crippen LogP contribution is -2.41. The maximum atomic E-state index is 4.57. The van der Waals surface area contributed by atoms with Gasteiger partial charge in [-0.15, -0.1) is 11.3 Å². The number of hydrogen-bond donors (Lipinski definition) is 1. The summed E-state index contributed by atoms with van der Waals surface area (Å²) in [5.41, 5.74) is 5.07. The number of aryl methyl sites for hydroxylation is 1. The molecule has 134 valence electrons. The van der Waals surface area contributed by atoms with Gasteiger partial charge in [0.25, 0.3) is 0 Å². The molecule has 1 fully saturated rings. The lowest BCUT2D eigenvalue weighted by atomic mass is 9.75. The summed E-state index contributed by atoms with van der Waals surface area (Å²) in [4.78, 5) is 4.57. The van der Waals surface area contributed by atoms with Crippen LogP contribution in [0, 0.1) is 6.92 Å². The van der Waals surface area contributed by atoms with Gasteiger partial charge in [0.1, 0.15) is 0 Å². The molecular weight excluding hydrogens is 404 g/mol. The van der Waals surface area contributed by atoms with E-state index in [4.69, 9.17) is 0 Å². The summed E-state index contributed by atoms with van der Waals surface area (Å²) >= 11 is 5.28. The quantitative estimate of drug-likeness (QED) is 0.504. The van der Waals surface area contributed by atoms with E-state index in [1.165, 1.54) is 34.0 Å². The van der Waals surface area contributed by atoms with Gasteiger partial charge in [0.2, 0.25) is 0 Å². The minimum absolute atomic E-state index is 0.370. The fraction of sp³-hybridized carbons (Fsp3) is 0.318. The largest absolute Gasteiger partial charge is 0.307 e. The predicted molar refractivity (Wildman–Crippen MR) is 114 cm³/mol. The normalized spacial score (nSPS) is 20.6. The first-order chi connectivity index (χ1) is 12.6. The first-order valence-electron chi connectivity index (χ1n) is 9.12. The molecule has 0 spiro atoms. The number of hydrogen-bond acceptors (Lipinski definition) is 3. The minimum Gasteiger partial charge on any atom is -0.307 e. The molecule has 0 bridgehead atoms. The molecule has 0 aliphatic heterocycles. The average Bonchev–Trinajstić information content (AvgIpc) is 3.04. The van der Waals surface area contributed by atoms with Crippen molar-refractivity contribution in [2.75, 3.05) is 0 Å². The molecule has 1 atom stereocenters. The van der Waals surface area contributed by atoms with Crippen LogP contribution in [0.25, 0.3) is 11.3 Å². The molecular formula is C22H23BrN2S. The van der Waals surface area contributed by atoms with Crippen LogP contribution in [-0.2, 0) is 0 Å². The van der Waals surface area contributed by atoms with Gasteiger partial charge in [-0.1, -0.05) is 52.3 Å². The average molecular weight is 427 g/mol. The molecule has 1 aliphatic rings. The summed E-state index contributed by atoms with van der Waals surface area (Å²) in [6.45, 7) is 4.31. The van der Waals surface area contributed by atoms with Crippen molar-refractivity contribution in [3.8, 4) is 11.3 Å². The van der Waals surface area contributed by atoms with Gasteiger partial charge < -0.3 is 5.32 Å². The van der Waals surface area contributed by atoms with Gasteiger partial charge in [-0.3, -0.25) is 0 Å². The molecule has 1 aromatic heterocycles. The third-order valence-corrected chi connectivity index (χ3v) is 6.54. The van der Waals surface area contributed by atoms with Gasteiger partial charge in [-0.2, -0.15) is 0 Å². The third kappa shape index (κ3) is 3.93. The van der Waals surface area contributed by atoms with Crippen molar-refractivity contribution in [3.05, 3.63) is 74.5 Å². The van der Waals surface area contributed by atoms with E-state index in [1.807, 2.05) is 0 Å². The van der Waals surface area contributed by atoms with E-state index >= 15 is 0 Å². The van der Waals surface area contributed by atoms with E-state index in [9.17, 15) is 0 Å². The first kappa shape index (κ1) is 17.9. The van der Waals surface area contributed by atoms with Crippen LogP contribution in [0.1, 0.15) is 47.9 Å². The summed E-state index contributed by atoms with van der Waals surface area (Å²) in [6, 6.07) is 18.5. The van der Waals surface area contributed by atoms with Gasteiger partial charge in [0, 0.05) is 27.5 Å². The number of aromatic nitrogens is 1. The Hall–Kier alpha value is -1.49. The molecule has 1 unspecified atom stereocenters. The van der Waals surface area contributed by atoms with Gasteiger partial charge in [-0.05, 0) is 55.9 Å². The molecule has 2 nitrogen and oxygen atoms in total. The second-order valence-electron chi connectivity index (χ2n) is 7.18.